The summed E-state index contributed by atoms with van der Waals surface area (Å²) in [6, 6.07) is 9.52. The summed E-state index contributed by atoms with van der Waals surface area (Å²) in [5, 5.41) is 14.2. The molecule has 0 aliphatic carbocycles. The number of ketones is 2. The second-order valence-electron chi connectivity index (χ2n) is 8.02. The van der Waals surface area contributed by atoms with Crippen LogP contribution in [0.1, 0.15) is 39.4 Å². The Labute approximate surface area is 195 Å². The lowest BCUT2D eigenvalue weighted by molar-refractivity contribution is -0.288. The summed E-state index contributed by atoms with van der Waals surface area (Å²) in [5.41, 5.74) is -3.34. The molecule has 0 spiro atoms. The first kappa shape index (κ1) is 24.1. The maximum absolute atomic E-state index is 14.0. The van der Waals surface area contributed by atoms with Gasteiger partial charge in [0.1, 0.15) is 29.3 Å². The molecule has 1 aliphatic heterocycles. The van der Waals surface area contributed by atoms with Crippen molar-refractivity contribution in [2.75, 3.05) is 0 Å². The van der Waals surface area contributed by atoms with Crippen LogP contribution in [0, 0.1) is 11.7 Å². The molecule has 2 heterocycles. The van der Waals surface area contributed by atoms with Gasteiger partial charge in [-0.15, -0.1) is 0 Å². The third kappa shape index (κ3) is 4.42. The van der Waals surface area contributed by atoms with E-state index in [0.29, 0.717) is 11.1 Å². The van der Waals surface area contributed by atoms with Gasteiger partial charge in [0.2, 0.25) is 5.72 Å². The second-order valence-corrected chi connectivity index (χ2v) is 8.02. The Hall–Kier alpha value is -3.99. The van der Waals surface area contributed by atoms with Crippen molar-refractivity contribution in [2.24, 2.45) is 5.92 Å². The van der Waals surface area contributed by atoms with E-state index in [0.717, 1.165) is 24.3 Å². The fourth-order valence-corrected chi connectivity index (χ4v) is 3.91. The molecular weight excluding hydrogens is 472 g/mol. The number of amides is 2. The number of alkyl halides is 3. The summed E-state index contributed by atoms with van der Waals surface area (Å²) in [6.07, 6.45) is -5.44. The Kier molecular flexibility index (Phi) is 5.97. The SMILES string of the molecule is CC(=O)c1ccc(-c2ccc([C@@H]3NC(=O)N[C@@](O)(C(F)(F)F)[C@H]3C(=O)c3ccc(F)cc3)o2)cc1. The number of Topliss-reactive ketones (excluding diaryl/α,β-unsaturated/α-hetero) is 2. The quantitative estimate of drug-likeness (QED) is 0.363. The Bertz CT molecular complexity index is 1280. The number of furan rings is 1. The summed E-state index contributed by atoms with van der Waals surface area (Å²) in [5.74, 6) is -4.44. The lowest BCUT2D eigenvalue weighted by Gasteiger charge is -2.44. The molecule has 11 heteroatoms. The Morgan fingerprint density at radius 3 is 2.14 bits per heavy atom. The van der Waals surface area contributed by atoms with Gasteiger partial charge in [-0.1, -0.05) is 24.3 Å². The third-order valence-corrected chi connectivity index (χ3v) is 5.73. The molecule has 2 amide bonds. The monoisotopic (exact) mass is 490 g/mol. The molecule has 182 valence electrons. The molecule has 35 heavy (non-hydrogen) atoms. The van der Waals surface area contributed by atoms with Gasteiger partial charge in [-0.2, -0.15) is 13.2 Å². The molecular formula is C24H18F4N2O5. The van der Waals surface area contributed by atoms with E-state index in [1.807, 2.05) is 0 Å². The molecule has 4 rings (SSSR count). The van der Waals surface area contributed by atoms with Crippen LogP contribution in [-0.2, 0) is 0 Å². The molecule has 1 saturated heterocycles. The Morgan fingerprint density at radius 1 is 0.971 bits per heavy atom. The fourth-order valence-electron chi connectivity index (χ4n) is 3.91. The maximum atomic E-state index is 14.0. The van der Waals surface area contributed by atoms with Crippen LogP contribution in [-0.4, -0.2) is 34.6 Å². The van der Waals surface area contributed by atoms with Gasteiger partial charge in [0.15, 0.2) is 11.6 Å². The Morgan fingerprint density at radius 2 is 1.57 bits per heavy atom. The average molecular weight is 490 g/mol. The summed E-state index contributed by atoms with van der Waals surface area (Å²) in [6.45, 7) is 1.39. The largest absolute Gasteiger partial charge is 0.459 e. The number of urea groups is 1. The number of aliphatic hydroxyl groups is 1. The van der Waals surface area contributed by atoms with Gasteiger partial charge >= 0.3 is 12.2 Å². The summed E-state index contributed by atoms with van der Waals surface area (Å²) >= 11 is 0. The Balaban J connectivity index is 1.78. The van der Waals surface area contributed by atoms with Crippen LogP contribution < -0.4 is 10.6 Å². The van der Waals surface area contributed by atoms with Crippen LogP contribution in [0.5, 0.6) is 0 Å². The molecule has 3 N–H and O–H groups in total. The van der Waals surface area contributed by atoms with E-state index in [9.17, 15) is 37.1 Å². The van der Waals surface area contributed by atoms with Crippen LogP contribution in [0.15, 0.2) is 65.1 Å². The zero-order chi connectivity index (χ0) is 25.5. The predicted octanol–water partition coefficient (Wildman–Crippen LogP) is 4.39. The standard InChI is InChI=1S/C24H18F4N2O5/c1-12(31)13-2-4-14(5-3-13)17-10-11-18(35-17)20-19(21(32)15-6-8-16(25)9-7-15)23(34,24(26,27)28)30-22(33)29-20/h2-11,19-20,34H,1H3,(H2,29,30,33)/t19-,20+,23+/m1/s1. The van der Waals surface area contributed by atoms with E-state index in [4.69, 9.17) is 4.42 Å². The van der Waals surface area contributed by atoms with Crippen molar-refractivity contribution in [3.05, 3.63) is 83.4 Å². The van der Waals surface area contributed by atoms with Crippen LogP contribution in [0.25, 0.3) is 11.3 Å². The molecule has 3 aromatic rings. The van der Waals surface area contributed by atoms with Crippen molar-refractivity contribution in [3.8, 4) is 11.3 Å². The number of benzene rings is 2. The van der Waals surface area contributed by atoms with Crippen molar-refractivity contribution in [1.82, 2.24) is 10.6 Å². The van der Waals surface area contributed by atoms with Gasteiger partial charge in [0.05, 0.1) is 0 Å². The average Bonchev–Trinajstić information content (AvgIpc) is 3.28. The first-order chi connectivity index (χ1) is 16.4. The highest BCUT2D eigenvalue weighted by Crippen LogP contribution is 2.44. The van der Waals surface area contributed by atoms with Crippen LogP contribution in [0.2, 0.25) is 0 Å². The highest BCUT2D eigenvalue weighted by Gasteiger charge is 2.66. The smallest absolute Gasteiger partial charge is 0.437 e. The summed E-state index contributed by atoms with van der Waals surface area (Å²) < 4.78 is 61.0. The van der Waals surface area contributed by atoms with E-state index >= 15 is 0 Å². The lowest BCUT2D eigenvalue weighted by atomic mass is 9.79. The summed E-state index contributed by atoms with van der Waals surface area (Å²) in [7, 11) is 0. The van der Waals surface area contributed by atoms with Crippen molar-refractivity contribution in [2.45, 2.75) is 24.9 Å². The van der Waals surface area contributed by atoms with Crippen LogP contribution in [0.3, 0.4) is 0 Å². The molecule has 0 unspecified atom stereocenters. The number of nitrogens with one attached hydrogen (secondary N) is 2. The van der Waals surface area contributed by atoms with Crippen molar-refractivity contribution < 1.29 is 41.5 Å². The second kappa shape index (κ2) is 8.66. The minimum atomic E-state index is -5.44. The van der Waals surface area contributed by atoms with Crippen LogP contribution >= 0.6 is 0 Å². The third-order valence-electron chi connectivity index (χ3n) is 5.73. The zero-order valence-electron chi connectivity index (χ0n) is 18.0. The molecule has 1 aliphatic rings. The molecule has 7 nitrogen and oxygen atoms in total. The van der Waals surface area contributed by atoms with Crippen molar-refractivity contribution in [1.29, 1.82) is 0 Å². The first-order valence-electron chi connectivity index (χ1n) is 10.3. The normalized spacial score (nSPS) is 22.3. The molecule has 3 atom stereocenters. The highest BCUT2D eigenvalue weighted by atomic mass is 19.4. The molecule has 0 bridgehead atoms. The lowest BCUT2D eigenvalue weighted by Crippen LogP contribution is -2.72. The van der Waals surface area contributed by atoms with E-state index in [1.54, 1.807) is 12.1 Å². The molecule has 2 aromatic carbocycles. The number of carbonyl (C=O) groups excluding carboxylic acids is 3. The van der Waals surface area contributed by atoms with E-state index < -0.39 is 41.5 Å². The number of rotatable bonds is 5. The van der Waals surface area contributed by atoms with Crippen molar-refractivity contribution >= 4 is 17.6 Å². The number of halogens is 4. The minimum Gasteiger partial charge on any atom is -0.459 e. The van der Waals surface area contributed by atoms with Gasteiger partial charge in [0.25, 0.3) is 0 Å². The molecule has 0 radical (unpaired) electrons. The van der Waals surface area contributed by atoms with Crippen LogP contribution in [0.4, 0.5) is 22.4 Å². The van der Waals surface area contributed by atoms with Gasteiger partial charge in [-0.3, -0.25) is 9.59 Å². The van der Waals surface area contributed by atoms with E-state index in [2.05, 4.69) is 5.32 Å². The van der Waals surface area contributed by atoms with Gasteiger partial charge in [-0.05, 0) is 43.3 Å². The van der Waals surface area contributed by atoms with E-state index in [-0.39, 0.29) is 22.9 Å². The van der Waals surface area contributed by atoms with E-state index in [1.165, 1.54) is 36.5 Å². The van der Waals surface area contributed by atoms with Gasteiger partial charge in [0, 0.05) is 16.7 Å². The predicted molar refractivity (Wildman–Crippen MR) is 114 cm³/mol. The molecule has 1 aromatic heterocycles. The zero-order valence-corrected chi connectivity index (χ0v) is 18.0. The van der Waals surface area contributed by atoms with Crippen molar-refractivity contribution in [3.63, 3.8) is 0 Å². The van der Waals surface area contributed by atoms with Gasteiger partial charge in [-0.25, -0.2) is 9.18 Å². The first-order valence-corrected chi connectivity index (χ1v) is 10.3. The number of carbonyl (C=O) groups is 3. The highest BCUT2D eigenvalue weighted by molar-refractivity contribution is 6.00. The molecule has 1 fully saturated rings. The maximum Gasteiger partial charge on any atom is 0.437 e. The minimum absolute atomic E-state index is 0.164. The fraction of sp³-hybridized carbons (Fsp3) is 0.208. The number of hydrogen-bond donors (Lipinski definition) is 3. The summed E-state index contributed by atoms with van der Waals surface area (Å²) in [4.78, 5) is 36.8. The topological polar surface area (TPSA) is 109 Å². The molecule has 0 saturated carbocycles. The van der Waals surface area contributed by atoms with Gasteiger partial charge < -0.3 is 20.2 Å². The number of hydrogen-bond acceptors (Lipinski definition) is 5.